The third-order valence-electron chi connectivity index (χ3n) is 19.3. The first-order valence-electron chi connectivity index (χ1n) is 28.6. The molecule has 0 aliphatic heterocycles. The second kappa shape index (κ2) is 16.7. The molecule has 380 valence electrons. The Labute approximate surface area is 469 Å². The van der Waals surface area contributed by atoms with Crippen LogP contribution in [-0.2, 0) is 16.2 Å². The molecule has 0 atom stereocenters. The van der Waals surface area contributed by atoms with Gasteiger partial charge in [-0.1, -0.05) is 205 Å². The number of benzene rings is 13. The number of fused-ring (bicyclic) bond motifs is 15. The Morgan fingerprint density at radius 2 is 0.562 bits per heavy atom. The minimum Gasteiger partial charge on any atom is -0.0622 e. The van der Waals surface area contributed by atoms with Gasteiger partial charge in [-0.25, -0.2) is 0 Å². The van der Waals surface area contributed by atoms with Crippen LogP contribution in [0.15, 0.2) is 237 Å². The van der Waals surface area contributed by atoms with Crippen molar-refractivity contribution in [3.8, 4) is 89.0 Å². The molecule has 80 heavy (non-hydrogen) atoms. The normalized spacial score (nSPS) is 14.7. The maximum Gasteiger partial charge on any atom is 0.0159 e. The molecule has 0 radical (unpaired) electrons. The van der Waals surface area contributed by atoms with Crippen LogP contribution in [0.3, 0.4) is 0 Å². The first-order chi connectivity index (χ1) is 38.8. The lowest BCUT2D eigenvalue weighted by molar-refractivity contribution is 0.649. The molecule has 0 nitrogen and oxygen atoms in total. The predicted molar refractivity (Wildman–Crippen MR) is 341 cm³/mol. The fraction of sp³-hybridized carbons (Fsp3) is 0.125. The van der Waals surface area contributed by atoms with E-state index >= 15 is 0 Å². The summed E-state index contributed by atoms with van der Waals surface area (Å²) < 4.78 is 0. The molecule has 13 aromatic carbocycles. The predicted octanol–water partition coefficient (Wildman–Crippen LogP) is 21.9. The molecule has 3 aliphatic rings. The van der Waals surface area contributed by atoms with Crippen molar-refractivity contribution in [3.63, 3.8) is 0 Å². The lowest BCUT2D eigenvalue weighted by atomic mass is 9.78. The van der Waals surface area contributed by atoms with Gasteiger partial charge in [-0.05, 0) is 251 Å². The molecule has 0 aromatic heterocycles. The monoisotopic (exact) mass is 1020 g/mol. The van der Waals surface area contributed by atoms with Gasteiger partial charge in [0.2, 0.25) is 0 Å². The van der Waals surface area contributed by atoms with Gasteiger partial charge in [-0.3, -0.25) is 0 Å². The highest BCUT2D eigenvalue weighted by molar-refractivity contribution is 6.16. The van der Waals surface area contributed by atoms with E-state index in [2.05, 4.69) is 285 Å². The highest BCUT2D eigenvalue weighted by Crippen LogP contribution is 2.62. The average molecular weight is 1020 g/mol. The van der Waals surface area contributed by atoms with Gasteiger partial charge in [0, 0.05) is 16.2 Å². The zero-order valence-electron chi connectivity index (χ0n) is 46.5. The zero-order valence-corrected chi connectivity index (χ0v) is 46.5. The van der Waals surface area contributed by atoms with E-state index in [1.165, 1.54) is 171 Å². The van der Waals surface area contributed by atoms with Gasteiger partial charge in [-0.15, -0.1) is 0 Å². The van der Waals surface area contributed by atoms with Crippen molar-refractivity contribution in [1.29, 1.82) is 0 Å². The lowest BCUT2D eigenvalue weighted by Gasteiger charge is -2.25. The SMILES string of the molecule is Cc1cc(-c2cc3ccccc3c3ccccc23)cc2c1-c1cc3c(cc1C2(C)C)-c1cc2c(cc1C3(C)C)-c1c(-c3cc(-c4ccccc4)cc(-c4ccccc4)c3)cc(-c3cc4ccccc4c4ccccc34)cc1C2(C)C. The van der Waals surface area contributed by atoms with Crippen LogP contribution in [-0.4, -0.2) is 0 Å². The van der Waals surface area contributed by atoms with Crippen molar-refractivity contribution in [2.45, 2.75) is 64.7 Å². The minimum atomic E-state index is -0.310. The van der Waals surface area contributed by atoms with Crippen LogP contribution in [0.5, 0.6) is 0 Å². The van der Waals surface area contributed by atoms with Gasteiger partial charge in [-0.2, -0.15) is 0 Å². The summed E-state index contributed by atoms with van der Waals surface area (Å²) in [5.74, 6) is 0. The van der Waals surface area contributed by atoms with Gasteiger partial charge < -0.3 is 0 Å². The summed E-state index contributed by atoms with van der Waals surface area (Å²) in [7, 11) is 0. The second-order valence-corrected chi connectivity index (χ2v) is 24.8. The molecule has 0 bridgehead atoms. The van der Waals surface area contributed by atoms with E-state index in [1.54, 1.807) is 0 Å². The first-order valence-corrected chi connectivity index (χ1v) is 28.6. The fourth-order valence-electron chi connectivity index (χ4n) is 15.1. The topological polar surface area (TPSA) is 0 Å². The van der Waals surface area contributed by atoms with Gasteiger partial charge in [0.15, 0.2) is 0 Å². The molecule has 0 amide bonds. The molecule has 13 aromatic rings. The zero-order chi connectivity index (χ0) is 54.0. The Balaban J connectivity index is 0.898. The highest BCUT2D eigenvalue weighted by atomic mass is 14.5. The first kappa shape index (κ1) is 46.9. The van der Waals surface area contributed by atoms with Crippen LogP contribution in [0.25, 0.3) is 132 Å². The summed E-state index contributed by atoms with van der Waals surface area (Å²) in [6.45, 7) is 17.2. The Morgan fingerprint density at radius 1 is 0.212 bits per heavy atom. The quantitative estimate of drug-likeness (QED) is 0.151. The van der Waals surface area contributed by atoms with Crippen LogP contribution in [0.2, 0.25) is 0 Å². The second-order valence-electron chi connectivity index (χ2n) is 24.8. The number of rotatable bonds is 5. The molecule has 0 N–H and O–H groups in total. The molecular weight excluding hydrogens is 961 g/mol. The fourth-order valence-corrected chi connectivity index (χ4v) is 15.1. The van der Waals surface area contributed by atoms with Crippen LogP contribution < -0.4 is 0 Å². The molecule has 0 saturated carbocycles. The van der Waals surface area contributed by atoms with Crippen molar-refractivity contribution in [3.05, 3.63) is 276 Å². The van der Waals surface area contributed by atoms with Gasteiger partial charge in [0.05, 0.1) is 0 Å². The highest BCUT2D eigenvalue weighted by Gasteiger charge is 2.46. The minimum absolute atomic E-state index is 0.211. The Bertz CT molecular complexity index is 4770. The summed E-state index contributed by atoms with van der Waals surface area (Å²) in [6.07, 6.45) is 0. The van der Waals surface area contributed by atoms with E-state index in [-0.39, 0.29) is 16.2 Å². The molecular formula is C80H60. The maximum absolute atomic E-state index is 2.63. The van der Waals surface area contributed by atoms with E-state index in [1.807, 2.05) is 0 Å². The summed E-state index contributed by atoms with van der Waals surface area (Å²) in [5, 5.41) is 10.3. The van der Waals surface area contributed by atoms with Crippen molar-refractivity contribution < 1.29 is 0 Å². The van der Waals surface area contributed by atoms with Gasteiger partial charge in [0.1, 0.15) is 0 Å². The molecule has 0 spiro atoms. The number of hydrogen-bond donors (Lipinski definition) is 0. The Morgan fingerprint density at radius 3 is 1.06 bits per heavy atom. The van der Waals surface area contributed by atoms with Crippen LogP contribution in [0.1, 0.15) is 80.5 Å². The van der Waals surface area contributed by atoms with Crippen molar-refractivity contribution in [1.82, 2.24) is 0 Å². The molecule has 0 fully saturated rings. The smallest absolute Gasteiger partial charge is 0.0159 e. The summed E-state index contributed by atoms with van der Waals surface area (Å²) in [4.78, 5) is 0. The summed E-state index contributed by atoms with van der Waals surface area (Å²) in [6, 6.07) is 90.2. The number of aryl methyl sites for hydroxylation is 1. The van der Waals surface area contributed by atoms with E-state index < -0.39 is 0 Å². The van der Waals surface area contributed by atoms with Crippen molar-refractivity contribution in [2.24, 2.45) is 0 Å². The molecule has 16 rings (SSSR count). The number of hydrogen-bond acceptors (Lipinski definition) is 0. The third kappa shape index (κ3) is 6.63. The molecule has 0 unspecified atom stereocenters. The van der Waals surface area contributed by atoms with Crippen LogP contribution in [0.4, 0.5) is 0 Å². The third-order valence-corrected chi connectivity index (χ3v) is 19.3. The Hall–Kier alpha value is -9.10. The summed E-state index contributed by atoms with van der Waals surface area (Å²) in [5.41, 5.74) is 29.7. The van der Waals surface area contributed by atoms with E-state index in [0.717, 1.165) is 0 Å². The molecule has 0 heteroatoms. The maximum atomic E-state index is 2.63. The lowest BCUT2D eigenvalue weighted by Crippen LogP contribution is -2.17. The molecule has 0 saturated heterocycles. The molecule has 0 heterocycles. The van der Waals surface area contributed by atoms with Crippen LogP contribution in [0, 0.1) is 6.92 Å². The molecule has 3 aliphatic carbocycles. The summed E-state index contributed by atoms with van der Waals surface area (Å²) >= 11 is 0. The van der Waals surface area contributed by atoms with E-state index in [9.17, 15) is 0 Å². The van der Waals surface area contributed by atoms with Crippen molar-refractivity contribution >= 4 is 43.1 Å². The largest absolute Gasteiger partial charge is 0.0622 e. The van der Waals surface area contributed by atoms with Crippen molar-refractivity contribution in [2.75, 3.05) is 0 Å². The van der Waals surface area contributed by atoms with Gasteiger partial charge in [0.25, 0.3) is 0 Å². The average Bonchev–Trinajstić information content (AvgIpc) is 3.41. The van der Waals surface area contributed by atoms with Gasteiger partial charge >= 0.3 is 0 Å². The Kier molecular flexibility index (Phi) is 9.81. The van der Waals surface area contributed by atoms with Crippen LogP contribution >= 0.6 is 0 Å². The van der Waals surface area contributed by atoms with E-state index in [4.69, 9.17) is 0 Å². The standard InChI is InChI=1S/C80H60/c1-47-34-54(63-38-50-26-14-16-28-57(50)59-30-18-20-32-61(59)63)41-74-76(47)68-45-70-66(43-72(68)79(74,4)5)67-44-73-69(46-71(67)78(70,2)3)77-65(55-36-52(48-22-10-8-11-23-48)35-53(37-55)49-24-12-9-13-25-49)40-56(42-75(77)80(73,6)7)64-39-51-27-15-17-29-58(51)60-31-19-21-33-62(60)64/h8-46H,1-7H3. The van der Waals surface area contributed by atoms with E-state index in [0.29, 0.717) is 0 Å².